The first-order chi connectivity index (χ1) is 14.5. The van der Waals surface area contributed by atoms with Gasteiger partial charge >= 0.3 is 5.97 Å². The predicted molar refractivity (Wildman–Crippen MR) is 107 cm³/mol. The Hall–Kier alpha value is -3.55. The van der Waals surface area contributed by atoms with E-state index in [-0.39, 0.29) is 31.4 Å². The lowest BCUT2D eigenvalue weighted by atomic mass is 10.1. The maximum Gasteiger partial charge on any atom is 0.306 e. The van der Waals surface area contributed by atoms with Gasteiger partial charge in [-0.15, -0.1) is 0 Å². The molecule has 0 fully saturated rings. The van der Waals surface area contributed by atoms with Crippen LogP contribution in [0, 0.1) is 0 Å². The summed E-state index contributed by atoms with van der Waals surface area (Å²) in [5.74, 6) is 0.293. The number of hydrogen-bond donors (Lipinski definition) is 0. The van der Waals surface area contributed by atoms with Crippen LogP contribution in [0.3, 0.4) is 0 Å². The molecule has 0 saturated carbocycles. The van der Waals surface area contributed by atoms with Gasteiger partial charge in [-0.2, -0.15) is 0 Å². The van der Waals surface area contributed by atoms with E-state index in [0.717, 1.165) is 4.90 Å². The summed E-state index contributed by atoms with van der Waals surface area (Å²) in [4.78, 5) is 37.9. The number of methoxy groups -OCH3 is 3. The van der Waals surface area contributed by atoms with Crippen molar-refractivity contribution in [3.05, 3.63) is 53.1 Å². The van der Waals surface area contributed by atoms with Gasteiger partial charge in [0.2, 0.25) is 5.75 Å². The molecule has 2 aromatic rings. The molecule has 0 radical (unpaired) electrons. The summed E-state index contributed by atoms with van der Waals surface area (Å²) in [5.41, 5.74) is 1.47. The van der Waals surface area contributed by atoms with Crippen LogP contribution < -0.4 is 14.2 Å². The molecule has 8 heteroatoms. The molecule has 0 bridgehead atoms. The van der Waals surface area contributed by atoms with E-state index in [4.69, 9.17) is 18.9 Å². The highest BCUT2D eigenvalue weighted by Crippen LogP contribution is 2.38. The fourth-order valence-corrected chi connectivity index (χ4v) is 3.28. The number of esters is 1. The largest absolute Gasteiger partial charge is 0.493 e. The summed E-state index contributed by atoms with van der Waals surface area (Å²) in [7, 11) is 4.52. The van der Waals surface area contributed by atoms with Crippen molar-refractivity contribution in [2.45, 2.75) is 19.4 Å². The lowest BCUT2D eigenvalue weighted by molar-refractivity contribution is -0.145. The smallest absolute Gasteiger partial charge is 0.306 e. The quantitative estimate of drug-likeness (QED) is 0.461. The molecule has 0 aromatic heterocycles. The van der Waals surface area contributed by atoms with Crippen LogP contribution in [0.4, 0.5) is 0 Å². The number of ether oxygens (including phenoxy) is 4. The first-order valence-electron chi connectivity index (χ1n) is 9.39. The van der Waals surface area contributed by atoms with E-state index in [9.17, 15) is 14.4 Å². The van der Waals surface area contributed by atoms with Gasteiger partial charge in [0.15, 0.2) is 11.5 Å². The van der Waals surface area contributed by atoms with Gasteiger partial charge in [0.1, 0.15) is 6.61 Å². The second kappa shape index (κ2) is 9.30. The predicted octanol–water partition coefficient (Wildman–Crippen LogP) is 2.83. The van der Waals surface area contributed by atoms with Gasteiger partial charge in [-0.05, 0) is 36.2 Å². The molecule has 0 atom stereocenters. The Bertz CT molecular complexity index is 910. The third kappa shape index (κ3) is 4.22. The fraction of sp³-hybridized carbons (Fsp3) is 0.318. The first-order valence-corrected chi connectivity index (χ1v) is 9.39. The summed E-state index contributed by atoms with van der Waals surface area (Å²) in [6.45, 7) is 0.189. The molecule has 8 nitrogen and oxygen atoms in total. The number of amides is 2. The number of benzene rings is 2. The average molecular weight is 413 g/mol. The number of hydrogen-bond acceptors (Lipinski definition) is 7. The molecule has 0 saturated heterocycles. The number of rotatable bonds is 9. The Balaban J connectivity index is 1.52. The van der Waals surface area contributed by atoms with Gasteiger partial charge in [0, 0.05) is 13.0 Å². The highest BCUT2D eigenvalue weighted by Gasteiger charge is 2.34. The van der Waals surface area contributed by atoms with E-state index in [0.29, 0.717) is 40.4 Å². The number of imide groups is 1. The van der Waals surface area contributed by atoms with Gasteiger partial charge in [0.05, 0.1) is 32.5 Å². The van der Waals surface area contributed by atoms with E-state index in [1.165, 1.54) is 21.3 Å². The molecule has 1 aliphatic rings. The maximum absolute atomic E-state index is 12.3. The van der Waals surface area contributed by atoms with Gasteiger partial charge in [-0.3, -0.25) is 19.3 Å². The molecule has 1 aliphatic heterocycles. The Morgan fingerprint density at radius 1 is 0.900 bits per heavy atom. The summed E-state index contributed by atoms with van der Waals surface area (Å²) < 4.78 is 21.1. The van der Waals surface area contributed by atoms with E-state index in [2.05, 4.69) is 0 Å². The Labute approximate surface area is 174 Å². The normalized spacial score (nSPS) is 12.6. The van der Waals surface area contributed by atoms with Crippen molar-refractivity contribution in [3.8, 4) is 17.2 Å². The summed E-state index contributed by atoms with van der Waals surface area (Å²) in [6, 6.07) is 10.1. The van der Waals surface area contributed by atoms with Crippen LogP contribution in [0.2, 0.25) is 0 Å². The molecule has 0 aliphatic carbocycles. The van der Waals surface area contributed by atoms with Gasteiger partial charge < -0.3 is 18.9 Å². The minimum absolute atomic E-state index is 0.0303. The molecule has 2 aromatic carbocycles. The van der Waals surface area contributed by atoms with Crippen molar-refractivity contribution in [1.29, 1.82) is 0 Å². The van der Waals surface area contributed by atoms with Crippen molar-refractivity contribution in [3.63, 3.8) is 0 Å². The molecule has 158 valence electrons. The van der Waals surface area contributed by atoms with Crippen molar-refractivity contribution < 1.29 is 33.3 Å². The SMILES string of the molecule is COc1cc(COC(=O)CCCN2C(=O)c3ccccc3C2=O)cc(OC)c1OC. The van der Waals surface area contributed by atoms with E-state index < -0.39 is 5.97 Å². The van der Waals surface area contributed by atoms with Gasteiger partial charge in [-0.1, -0.05) is 12.1 Å². The number of carbonyl (C=O) groups excluding carboxylic acids is 3. The fourth-order valence-electron chi connectivity index (χ4n) is 3.28. The van der Waals surface area contributed by atoms with Crippen molar-refractivity contribution in [1.82, 2.24) is 4.90 Å². The van der Waals surface area contributed by atoms with Gasteiger partial charge in [0.25, 0.3) is 11.8 Å². The average Bonchev–Trinajstić information content (AvgIpc) is 3.01. The van der Waals surface area contributed by atoms with E-state index in [1.807, 2.05) is 0 Å². The lowest BCUT2D eigenvalue weighted by Gasteiger charge is -2.15. The van der Waals surface area contributed by atoms with Crippen molar-refractivity contribution in [2.75, 3.05) is 27.9 Å². The zero-order chi connectivity index (χ0) is 21.7. The van der Waals surface area contributed by atoms with Crippen LogP contribution in [-0.2, 0) is 16.1 Å². The van der Waals surface area contributed by atoms with Crippen LogP contribution in [0.25, 0.3) is 0 Å². The van der Waals surface area contributed by atoms with Crippen molar-refractivity contribution in [2.24, 2.45) is 0 Å². The minimum Gasteiger partial charge on any atom is -0.493 e. The third-order valence-corrected chi connectivity index (χ3v) is 4.77. The molecule has 3 rings (SSSR count). The molecule has 0 unspecified atom stereocenters. The highest BCUT2D eigenvalue weighted by atomic mass is 16.5. The minimum atomic E-state index is -0.430. The molecule has 30 heavy (non-hydrogen) atoms. The topological polar surface area (TPSA) is 91.4 Å². The molecular formula is C22H23NO7. The zero-order valence-electron chi connectivity index (χ0n) is 17.1. The molecule has 0 N–H and O–H groups in total. The Morgan fingerprint density at radius 3 is 1.97 bits per heavy atom. The van der Waals surface area contributed by atoms with E-state index >= 15 is 0 Å². The van der Waals surface area contributed by atoms with Crippen LogP contribution >= 0.6 is 0 Å². The number of fused-ring (bicyclic) bond motifs is 1. The maximum atomic E-state index is 12.3. The summed E-state index contributed by atoms with van der Waals surface area (Å²) in [5, 5.41) is 0. The number of nitrogens with zero attached hydrogens (tertiary/aromatic N) is 1. The summed E-state index contributed by atoms with van der Waals surface area (Å²) in [6.07, 6.45) is 0.400. The van der Waals surface area contributed by atoms with E-state index in [1.54, 1.807) is 36.4 Å². The Kier molecular flexibility index (Phi) is 6.56. The second-order valence-electron chi connectivity index (χ2n) is 6.61. The second-order valence-corrected chi connectivity index (χ2v) is 6.61. The van der Waals surface area contributed by atoms with Crippen LogP contribution in [-0.4, -0.2) is 50.6 Å². The molecule has 1 heterocycles. The first kappa shape index (κ1) is 21.2. The van der Waals surface area contributed by atoms with Crippen LogP contribution in [0.15, 0.2) is 36.4 Å². The van der Waals surface area contributed by atoms with Gasteiger partial charge in [-0.25, -0.2) is 0 Å². The molecular weight excluding hydrogens is 390 g/mol. The standard InChI is InChI=1S/C22H23NO7/c1-27-17-11-14(12-18(28-2)20(17)29-3)13-30-19(24)9-6-10-23-21(25)15-7-4-5-8-16(15)22(23)26/h4-5,7-8,11-12H,6,9-10,13H2,1-3H3. The molecule has 2 amide bonds. The summed E-state index contributed by atoms with van der Waals surface area (Å²) >= 11 is 0. The highest BCUT2D eigenvalue weighted by molar-refractivity contribution is 6.21. The van der Waals surface area contributed by atoms with Crippen molar-refractivity contribution >= 4 is 17.8 Å². The lowest BCUT2D eigenvalue weighted by Crippen LogP contribution is -2.31. The number of carbonyl (C=O) groups is 3. The van der Waals surface area contributed by atoms with Crippen LogP contribution in [0.1, 0.15) is 39.1 Å². The monoisotopic (exact) mass is 413 g/mol. The molecule has 0 spiro atoms. The third-order valence-electron chi connectivity index (χ3n) is 4.77. The Morgan fingerprint density at radius 2 is 1.47 bits per heavy atom. The van der Waals surface area contributed by atoms with Crippen LogP contribution in [0.5, 0.6) is 17.2 Å². The zero-order valence-corrected chi connectivity index (χ0v) is 17.1.